The summed E-state index contributed by atoms with van der Waals surface area (Å²) in [5.74, 6) is -1.28. The molecule has 0 radical (unpaired) electrons. The van der Waals surface area contributed by atoms with Gasteiger partial charge in [-0.05, 0) is 26.3 Å². The topological polar surface area (TPSA) is 106 Å². The van der Waals surface area contributed by atoms with Crippen LogP contribution in [-0.4, -0.2) is 84.0 Å². The first-order valence-corrected chi connectivity index (χ1v) is 9.78. The number of methoxy groups -OCH3 is 1. The summed E-state index contributed by atoms with van der Waals surface area (Å²) in [6, 6.07) is 6.84. The standard InChI is InChI=1S/C21H30N2O7/c1-21(2,3)30-20(27)22-10-11-29-14-17(22)18(25)23(16(13-24)19(26)28-4)12-15-8-6-5-7-9-15/h5-9,16-17,24H,10-14H2,1-4H3/t16-,17-/m1/s1. The Morgan fingerprint density at radius 3 is 2.50 bits per heavy atom. The summed E-state index contributed by atoms with van der Waals surface area (Å²) in [5.41, 5.74) is 0.0283. The van der Waals surface area contributed by atoms with E-state index in [4.69, 9.17) is 14.2 Å². The molecule has 0 unspecified atom stereocenters. The Morgan fingerprint density at radius 2 is 1.93 bits per heavy atom. The Morgan fingerprint density at radius 1 is 1.27 bits per heavy atom. The van der Waals surface area contributed by atoms with Crippen molar-refractivity contribution in [1.29, 1.82) is 0 Å². The number of ether oxygens (including phenoxy) is 3. The van der Waals surface area contributed by atoms with Crippen molar-refractivity contribution < 1.29 is 33.7 Å². The van der Waals surface area contributed by atoms with Gasteiger partial charge in [-0.3, -0.25) is 9.69 Å². The maximum absolute atomic E-state index is 13.5. The number of benzene rings is 1. The summed E-state index contributed by atoms with van der Waals surface area (Å²) in [6.07, 6.45) is -0.637. The first-order chi connectivity index (χ1) is 14.2. The molecule has 9 nitrogen and oxygen atoms in total. The van der Waals surface area contributed by atoms with Gasteiger partial charge in [-0.2, -0.15) is 0 Å². The molecule has 1 heterocycles. The summed E-state index contributed by atoms with van der Waals surface area (Å²) in [4.78, 5) is 40.9. The van der Waals surface area contributed by atoms with Gasteiger partial charge >= 0.3 is 12.1 Å². The van der Waals surface area contributed by atoms with Crippen LogP contribution >= 0.6 is 0 Å². The molecule has 1 N–H and O–H groups in total. The van der Waals surface area contributed by atoms with Gasteiger partial charge in [0.2, 0.25) is 5.91 Å². The van der Waals surface area contributed by atoms with E-state index in [-0.39, 0.29) is 26.3 Å². The zero-order valence-corrected chi connectivity index (χ0v) is 17.9. The largest absolute Gasteiger partial charge is 0.467 e. The average molecular weight is 422 g/mol. The van der Waals surface area contributed by atoms with E-state index < -0.39 is 42.3 Å². The molecule has 1 aromatic rings. The predicted octanol–water partition coefficient (Wildman–Crippen LogP) is 1.18. The fraction of sp³-hybridized carbons (Fsp3) is 0.571. The number of carbonyl (C=O) groups excluding carboxylic acids is 3. The van der Waals surface area contributed by atoms with E-state index in [0.29, 0.717) is 0 Å². The van der Waals surface area contributed by atoms with Crippen LogP contribution < -0.4 is 0 Å². The second-order valence-electron chi connectivity index (χ2n) is 7.94. The highest BCUT2D eigenvalue weighted by molar-refractivity contribution is 5.90. The molecule has 1 aliphatic heterocycles. The molecular weight excluding hydrogens is 392 g/mol. The lowest BCUT2D eigenvalue weighted by molar-refractivity contribution is -0.159. The summed E-state index contributed by atoms with van der Waals surface area (Å²) >= 11 is 0. The third-order valence-electron chi connectivity index (χ3n) is 4.54. The smallest absolute Gasteiger partial charge is 0.411 e. The van der Waals surface area contributed by atoms with Crippen LogP contribution in [0, 0.1) is 0 Å². The molecule has 1 aromatic carbocycles. The summed E-state index contributed by atoms with van der Waals surface area (Å²) in [6.45, 7) is 5.05. The lowest BCUT2D eigenvalue weighted by Crippen LogP contribution is -2.60. The van der Waals surface area contributed by atoms with Crippen LogP contribution in [0.5, 0.6) is 0 Å². The van der Waals surface area contributed by atoms with Crippen LogP contribution in [-0.2, 0) is 30.3 Å². The van der Waals surface area contributed by atoms with E-state index in [0.717, 1.165) is 5.56 Å². The Balaban J connectivity index is 2.33. The van der Waals surface area contributed by atoms with Gasteiger partial charge in [0, 0.05) is 13.1 Å². The molecule has 30 heavy (non-hydrogen) atoms. The van der Waals surface area contributed by atoms with E-state index in [1.807, 2.05) is 6.07 Å². The van der Waals surface area contributed by atoms with Crippen LogP contribution in [0.3, 0.4) is 0 Å². The number of hydrogen-bond donors (Lipinski definition) is 1. The van der Waals surface area contributed by atoms with Crippen molar-refractivity contribution in [2.24, 2.45) is 0 Å². The van der Waals surface area contributed by atoms with Crippen molar-refractivity contribution in [3.8, 4) is 0 Å². The first-order valence-electron chi connectivity index (χ1n) is 9.78. The molecule has 166 valence electrons. The number of aliphatic hydroxyl groups excluding tert-OH is 1. The Labute approximate surface area is 176 Å². The van der Waals surface area contributed by atoms with Crippen LogP contribution in [0.2, 0.25) is 0 Å². The minimum Gasteiger partial charge on any atom is -0.467 e. The van der Waals surface area contributed by atoms with Crippen LogP contribution in [0.4, 0.5) is 4.79 Å². The van der Waals surface area contributed by atoms with Crippen molar-refractivity contribution in [3.63, 3.8) is 0 Å². The maximum atomic E-state index is 13.5. The van der Waals surface area contributed by atoms with E-state index in [9.17, 15) is 19.5 Å². The third-order valence-corrected chi connectivity index (χ3v) is 4.54. The highest BCUT2D eigenvalue weighted by Crippen LogP contribution is 2.19. The number of amides is 2. The molecule has 1 aliphatic rings. The molecule has 1 saturated heterocycles. The van der Waals surface area contributed by atoms with Crippen LogP contribution in [0.15, 0.2) is 30.3 Å². The second-order valence-corrected chi connectivity index (χ2v) is 7.94. The van der Waals surface area contributed by atoms with Gasteiger partial charge in [0.25, 0.3) is 0 Å². The van der Waals surface area contributed by atoms with Crippen molar-refractivity contribution in [2.45, 2.75) is 45.0 Å². The Kier molecular flexibility index (Phi) is 8.19. The molecule has 2 amide bonds. The second kappa shape index (κ2) is 10.4. The Hall–Kier alpha value is -2.65. The number of morpholine rings is 1. The van der Waals surface area contributed by atoms with Crippen LogP contribution in [0.1, 0.15) is 26.3 Å². The number of esters is 1. The quantitative estimate of drug-likeness (QED) is 0.687. The van der Waals surface area contributed by atoms with E-state index >= 15 is 0 Å². The molecule has 0 spiro atoms. The van der Waals surface area contributed by atoms with Gasteiger partial charge in [0.15, 0.2) is 6.04 Å². The van der Waals surface area contributed by atoms with Crippen molar-refractivity contribution in [1.82, 2.24) is 9.80 Å². The minimum absolute atomic E-state index is 0.0390. The SMILES string of the molecule is COC(=O)[C@@H](CO)N(Cc1ccccc1)C(=O)[C@H]1COCCN1C(=O)OC(C)(C)C. The number of aliphatic hydroxyl groups is 1. The fourth-order valence-corrected chi connectivity index (χ4v) is 3.10. The third kappa shape index (κ3) is 6.17. The van der Waals surface area contributed by atoms with Gasteiger partial charge in [-0.25, -0.2) is 9.59 Å². The van der Waals surface area contributed by atoms with Gasteiger partial charge in [0.1, 0.15) is 11.6 Å². The number of carbonyl (C=O) groups is 3. The Bertz CT molecular complexity index is 733. The highest BCUT2D eigenvalue weighted by Gasteiger charge is 2.41. The van der Waals surface area contributed by atoms with E-state index in [1.54, 1.807) is 45.0 Å². The van der Waals surface area contributed by atoms with Crippen molar-refractivity contribution in [2.75, 3.05) is 33.5 Å². The molecule has 1 fully saturated rings. The minimum atomic E-state index is -1.22. The van der Waals surface area contributed by atoms with Gasteiger partial charge in [-0.15, -0.1) is 0 Å². The average Bonchev–Trinajstić information content (AvgIpc) is 2.72. The lowest BCUT2D eigenvalue weighted by atomic mass is 10.1. The normalized spacial score (nSPS) is 17.8. The van der Waals surface area contributed by atoms with Gasteiger partial charge in [0.05, 0.1) is 26.9 Å². The summed E-state index contributed by atoms with van der Waals surface area (Å²) < 4.78 is 15.6. The molecule has 9 heteroatoms. The first kappa shape index (κ1) is 23.6. The molecule has 0 aliphatic carbocycles. The predicted molar refractivity (Wildman–Crippen MR) is 107 cm³/mol. The van der Waals surface area contributed by atoms with E-state index in [2.05, 4.69) is 0 Å². The summed E-state index contributed by atoms with van der Waals surface area (Å²) in [5, 5.41) is 9.82. The van der Waals surface area contributed by atoms with Gasteiger partial charge < -0.3 is 24.2 Å². The number of nitrogens with zero attached hydrogens (tertiary/aromatic N) is 2. The van der Waals surface area contributed by atoms with E-state index in [1.165, 1.54) is 16.9 Å². The molecule has 0 bridgehead atoms. The summed E-state index contributed by atoms with van der Waals surface area (Å²) in [7, 11) is 1.19. The molecule has 2 rings (SSSR count). The highest BCUT2D eigenvalue weighted by atomic mass is 16.6. The number of hydrogen-bond acceptors (Lipinski definition) is 7. The monoisotopic (exact) mass is 422 g/mol. The van der Waals surface area contributed by atoms with Crippen molar-refractivity contribution in [3.05, 3.63) is 35.9 Å². The molecule has 2 atom stereocenters. The lowest BCUT2D eigenvalue weighted by Gasteiger charge is -2.39. The molecule has 0 saturated carbocycles. The maximum Gasteiger partial charge on any atom is 0.411 e. The number of rotatable bonds is 6. The van der Waals surface area contributed by atoms with Crippen LogP contribution in [0.25, 0.3) is 0 Å². The van der Waals surface area contributed by atoms with Crippen molar-refractivity contribution >= 4 is 18.0 Å². The fourth-order valence-electron chi connectivity index (χ4n) is 3.10. The zero-order chi connectivity index (χ0) is 22.3. The van der Waals surface area contributed by atoms with Gasteiger partial charge in [-0.1, -0.05) is 30.3 Å². The molecular formula is C21H30N2O7. The molecule has 0 aromatic heterocycles. The zero-order valence-electron chi connectivity index (χ0n) is 17.9.